The van der Waals surface area contributed by atoms with Crippen molar-refractivity contribution in [2.24, 2.45) is 0 Å². The molecular formula is C52H94O6. The van der Waals surface area contributed by atoms with E-state index in [4.69, 9.17) is 14.2 Å². The maximum Gasteiger partial charge on any atom is 0.306 e. The Balaban J connectivity index is 4.34. The van der Waals surface area contributed by atoms with Gasteiger partial charge in [0.05, 0.1) is 0 Å². The maximum atomic E-state index is 12.7. The van der Waals surface area contributed by atoms with Crippen LogP contribution in [0.1, 0.15) is 258 Å². The summed E-state index contributed by atoms with van der Waals surface area (Å²) in [6.07, 6.45) is 54.1. The van der Waals surface area contributed by atoms with Gasteiger partial charge in [0.1, 0.15) is 13.2 Å². The molecule has 338 valence electrons. The van der Waals surface area contributed by atoms with Gasteiger partial charge in [-0.1, -0.05) is 237 Å². The molecule has 0 rings (SSSR count). The highest BCUT2D eigenvalue weighted by molar-refractivity contribution is 5.71. The Morgan fingerprint density at radius 3 is 1.03 bits per heavy atom. The molecule has 0 saturated heterocycles. The Morgan fingerprint density at radius 2 is 0.672 bits per heavy atom. The highest BCUT2D eigenvalue weighted by Crippen LogP contribution is 2.16. The molecular weight excluding hydrogens is 721 g/mol. The van der Waals surface area contributed by atoms with Crippen molar-refractivity contribution in [2.75, 3.05) is 13.2 Å². The average Bonchev–Trinajstić information content (AvgIpc) is 3.22. The molecule has 0 amide bonds. The second-order valence-electron chi connectivity index (χ2n) is 16.8. The van der Waals surface area contributed by atoms with Crippen molar-refractivity contribution in [3.05, 3.63) is 36.5 Å². The fraction of sp³-hybridized carbons (Fsp3) is 0.827. The summed E-state index contributed by atoms with van der Waals surface area (Å²) in [5.41, 5.74) is 0. The molecule has 0 aliphatic carbocycles. The van der Waals surface area contributed by atoms with E-state index in [1.54, 1.807) is 0 Å². The number of rotatable bonds is 45. The summed E-state index contributed by atoms with van der Waals surface area (Å²) in [5.74, 6) is -0.888. The van der Waals surface area contributed by atoms with Crippen LogP contribution in [0.2, 0.25) is 0 Å². The molecule has 0 aromatic carbocycles. The lowest BCUT2D eigenvalue weighted by atomic mass is 10.0. The first-order valence-corrected chi connectivity index (χ1v) is 25.0. The molecule has 1 atom stereocenters. The van der Waals surface area contributed by atoms with Crippen molar-refractivity contribution >= 4 is 17.9 Å². The second kappa shape index (κ2) is 47.3. The van der Waals surface area contributed by atoms with Gasteiger partial charge in [0.25, 0.3) is 0 Å². The summed E-state index contributed by atoms with van der Waals surface area (Å²) in [6.45, 7) is 6.50. The van der Waals surface area contributed by atoms with Crippen molar-refractivity contribution in [3.8, 4) is 0 Å². The quantitative estimate of drug-likeness (QED) is 0.0264. The summed E-state index contributed by atoms with van der Waals surface area (Å²) < 4.78 is 16.8. The fourth-order valence-electron chi connectivity index (χ4n) is 7.21. The number of unbranched alkanes of at least 4 members (excludes halogenated alkanes) is 30. The molecule has 0 aromatic rings. The van der Waals surface area contributed by atoms with Crippen LogP contribution in [0.25, 0.3) is 0 Å². The first-order valence-electron chi connectivity index (χ1n) is 25.0. The molecule has 0 fully saturated rings. The minimum Gasteiger partial charge on any atom is -0.462 e. The zero-order valence-corrected chi connectivity index (χ0v) is 38.6. The zero-order chi connectivity index (χ0) is 42.3. The Kier molecular flexibility index (Phi) is 45.4. The van der Waals surface area contributed by atoms with Crippen LogP contribution >= 0.6 is 0 Å². The molecule has 0 radical (unpaired) electrons. The molecule has 58 heavy (non-hydrogen) atoms. The largest absolute Gasteiger partial charge is 0.462 e. The molecule has 1 unspecified atom stereocenters. The van der Waals surface area contributed by atoms with E-state index in [0.717, 1.165) is 83.5 Å². The minimum absolute atomic E-state index is 0.0766. The lowest BCUT2D eigenvalue weighted by molar-refractivity contribution is -0.167. The lowest BCUT2D eigenvalue weighted by Gasteiger charge is -2.18. The van der Waals surface area contributed by atoms with Crippen LogP contribution in [0.5, 0.6) is 0 Å². The van der Waals surface area contributed by atoms with E-state index in [9.17, 15) is 14.4 Å². The van der Waals surface area contributed by atoms with Gasteiger partial charge in [-0.15, -0.1) is 0 Å². The lowest BCUT2D eigenvalue weighted by Crippen LogP contribution is -2.30. The number of esters is 3. The van der Waals surface area contributed by atoms with E-state index < -0.39 is 6.10 Å². The molecule has 0 bridgehead atoms. The highest BCUT2D eigenvalue weighted by Gasteiger charge is 2.19. The standard InChI is InChI=1S/C52H94O6/c1-4-7-10-13-16-19-22-24-25-26-28-30-33-36-39-42-45-51(54)57-48-49(47-56-50(53)44-41-38-35-32-29-21-18-15-12-9-6-3)58-52(55)46-43-40-37-34-31-27-23-20-17-14-11-8-5-2/h8,11,14,17,20,23,49H,4-7,9-10,12-13,15-16,18-19,21-22,24-48H2,1-3H3/b11-8-,17-14-,23-20-. The topological polar surface area (TPSA) is 78.9 Å². The summed E-state index contributed by atoms with van der Waals surface area (Å²) in [4.78, 5) is 37.9. The van der Waals surface area contributed by atoms with Crippen LogP contribution in [0.3, 0.4) is 0 Å². The van der Waals surface area contributed by atoms with Crippen molar-refractivity contribution in [3.63, 3.8) is 0 Å². The van der Waals surface area contributed by atoms with E-state index in [1.807, 2.05) is 0 Å². The second-order valence-corrected chi connectivity index (χ2v) is 16.8. The zero-order valence-electron chi connectivity index (χ0n) is 38.6. The van der Waals surface area contributed by atoms with Crippen LogP contribution in [0, 0.1) is 0 Å². The third kappa shape index (κ3) is 44.7. The molecule has 0 heterocycles. The van der Waals surface area contributed by atoms with Crippen LogP contribution < -0.4 is 0 Å². The Labute approximate surface area is 359 Å². The molecule has 0 N–H and O–H groups in total. The van der Waals surface area contributed by atoms with Gasteiger partial charge in [0.15, 0.2) is 6.10 Å². The number of carbonyl (C=O) groups is 3. The van der Waals surface area contributed by atoms with Gasteiger partial charge in [-0.05, 0) is 38.5 Å². The SMILES string of the molecule is CC\C=C/C=C\C=C/CCCCCCCC(=O)OC(COC(=O)CCCCCCCCCCCCC)COC(=O)CCCCCCCCCCCCCCCCCC. The third-order valence-corrected chi connectivity index (χ3v) is 11.0. The van der Waals surface area contributed by atoms with Crippen molar-refractivity contribution in [2.45, 2.75) is 264 Å². The first-order chi connectivity index (χ1) is 28.5. The van der Waals surface area contributed by atoms with Crippen molar-refractivity contribution in [1.29, 1.82) is 0 Å². The van der Waals surface area contributed by atoms with Gasteiger partial charge < -0.3 is 14.2 Å². The van der Waals surface area contributed by atoms with E-state index >= 15 is 0 Å². The van der Waals surface area contributed by atoms with Crippen LogP contribution in [-0.2, 0) is 28.6 Å². The third-order valence-electron chi connectivity index (χ3n) is 11.0. The smallest absolute Gasteiger partial charge is 0.306 e. The summed E-state index contributed by atoms with van der Waals surface area (Å²) in [7, 11) is 0. The van der Waals surface area contributed by atoms with E-state index in [0.29, 0.717) is 19.3 Å². The molecule has 0 aliphatic rings. The number of carbonyl (C=O) groups excluding carboxylic acids is 3. The molecule has 0 aliphatic heterocycles. The highest BCUT2D eigenvalue weighted by atomic mass is 16.6. The van der Waals surface area contributed by atoms with Gasteiger partial charge in [0, 0.05) is 19.3 Å². The van der Waals surface area contributed by atoms with Crippen LogP contribution in [0.15, 0.2) is 36.5 Å². The van der Waals surface area contributed by atoms with Gasteiger partial charge in [0.2, 0.25) is 0 Å². The monoisotopic (exact) mass is 815 g/mol. The predicted octanol–water partition coefficient (Wildman–Crippen LogP) is 16.1. The number of ether oxygens (including phenoxy) is 3. The summed E-state index contributed by atoms with van der Waals surface area (Å²) in [6, 6.07) is 0. The maximum absolute atomic E-state index is 12.7. The van der Waals surface area contributed by atoms with E-state index in [2.05, 4.69) is 57.2 Å². The minimum atomic E-state index is -0.776. The van der Waals surface area contributed by atoms with Crippen LogP contribution in [-0.4, -0.2) is 37.2 Å². The molecule has 6 nitrogen and oxygen atoms in total. The first kappa shape index (κ1) is 55.6. The molecule has 0 aromatic heterocycles. The Morgan fingerprint density at radius 1 is 0.362 bits per heavy atom. The summed E-state index contributed by atoms with van der Waals surface area (Å²) in [5, 5.41) is 0. The molecule has 6 heteroatoms. The summed E-state index contributed by atoms with van der Waals surface area (Å²) >= 11 is 0. The Bertz CT molecular complexity index is 984. The molecule has 0 saturated carbocycles. The van der Waals surface area contributed by atoms with Crippen molar-refractivity contribution in [1.82, 2.24) is 0 Å². The number of hydrogen-bond donors (Lipinski definition) is 0. The van der Waals surface area contributed by atoms with Gasteiger partial charge >= 0.3 is 17.9 Å². The normalized spacial score (nSPS) is 12.3. The van der Waals surface area contributed by atoms with Gasteiger partial charge in [-0.3, -0.25) is 14.4 Å². The van der Waals surface area contributed by atoms with Gasteiger partial charge in [-0.2, -0.15) is 0 Å². The van der Waals surface area contributed by atoms with E-state index in [1.165, 1.54) is 135 Å². The fourth-order valence-corrected chi connectivity index (χ4v) is 7.21. The molecule has 0 spiro atoms. The number of hydrogen-bond acceptors (Lipinski definition) is 6. The van der Waals surface area contributed by atoms with Gasteiger partial charge in [-0.25, -0.2) is 0 Å². The Hall–Kier alpha value is -2.37. The predicted molar refractivity (Wildman–Crippen MR) is 247 cm³/mol. The average molecular weight is 815 g/mol. The van der Waals surface area contributed by atoms with E-state index in [-0.39, 0.29) is 31.1 Å². The number of allylic oxidation sites excluding steroid dienone is 6. The van der Waals surface area contributed by atoms with Crippen LogP contribution in [0.4, 0.5) is 0 Å². The van der Waals surface area contributed by atoms with Crippen molar-refractivity contribution < 1.29 is 28.6 Å².